The molecule has 0 amide bonds. The lowest BCUT2D eigenvalue weighted by Crippen LogP contribution is -2.33. The third-order valence-electron chi connectivity index (χ3n) is 3.87. The molecule has 1 aromatic carbocycles. The van der Waals surface area contributed by atoms with Crippen LogP contribution in [0.1, 0.15) is 22.7 Å². The summed E-state index contributed by atoms with van der Waals surface area (Å²) in [5.74, 6) is -2.89. The van der Waals surface area contributed by atoms with E-state index in [1.165, 1.54) is 0 Å². The van der Waals surface area contributed by atoms with E-state index in [0.717, 1.165) is 18.2 Å². The number of nitrogen functional groups attached to an aromatic ring is 2. The summed E-state index contributed by atoms with van der Waals surface area (Å²) in [5.41, 5.74) is 10.9. The molecule has 2 aromatic rings. The summed E-state index contributed by atoms with van der Waals surface area (Å²) in [6.45, 7) is 0. The molecule has 2 heterocycles. The van der Waals surface area contributed by atoms with Crippen molar-refractivity contribution in [3.63, 3.8) is 0 Å². The zero-order valence-corrected chi connectivity index (χ0v) is 14.2. The smallest absolute Gasteiger partial charge is 0.403 e. The monoisotopic (exact) mass is 406 g/mol. The largest absolute Gasteiger partial charge is 0.573 e. The van der Waals surface area contributed by atoms with Crippen molar-refractivity contribution in [1.82, 2.24) is 10.3 Å². The first-order chi connectivity index (χ1) is 13.7. The van der Waals surface area contributed by atoms with Crippen LogP contribution in [0.4, 0.5) is 34.9 Å². The van der Waals surface area contributed by atoms with Crippen molar-refractivity contribution in [2.24, 2.45) is 4.99 Å². The molecule has 1 aliphatic rings. The zero-order valence-electron chi connectivity index (χ0n) is 14.2. The molecule has 0 radical (unpaired) electrons. The highest BCUT2D eigenvalue weighted by Gasteiger charge is 2.35. The van der Waals surface area contributed by atoms with Crippen LogP contribution < -0.4 is 26.8 Å². The number of alkyl halides is 3. The Hall–Kier alpha value is -4.26. The number of anilines is 3. The highest BCUT2D eigenvalue weighted by molar-refractivity contribution is 5.98. The van der Waals surface area contributed by atoms with E-state index in [1.54, 1.807) is 12.3 Å². The lowest BCUT2D eigenvalue weighted by Gasteiger charge is -2.26. The number of fused-ring (bicyclic) bond motifs is 1. The Morgan fingerprint density at radius 2 is 1.97 bits per heavy atom. The Labute approximate surface area is 160 Å². The number of aliphatic imine (C=N–C) groups is 1. The van der Waals surface area contributed by atoms with Gasteiger partial charge in [-0.2, -0.15) is 10.5 Å². The van der Waals surface area contributed by atoms with E-state index in [1.807, 2.05) is 0 Å². The average Bonchev–Trinajstić information content (AvgIpc) is 2.62. The summed E-state index contributed by atoms with van der Waals surface area (Å²) in [5, 5.41) is 22.9. The van der Waals surface area contributed by atoms with Gasteiger partial charge in [0.1, 0.15) is 29.3 Å². The molecule has 13 heteroatoms. The lowest BCUT2D eigenvalue weighted by molar-refractivity contribution is -0.275. The summed E-state index contributed by atoms with van der Waals surface area (Å²) >= 11 is 0. The fourth-order valence-corrected chi connectivity index (χ4v) is 2.75. The van der Waals surface area contributed by atoms with Crippen LogP contribution in [0.15, 0.2) is 23.2 Å². The molecule has 29 heavy (non-hydrogen) atoms. The molecule has 0 spiro atoms. The standard InChI is InChI=1S/C16H10F4N8O/c17-10-6(2-1-3-8(10)29-16(18,19)20)12-9-11(23)7(4-21)13(24)27-14(9)28-15(26-12)25-5-22/h1-3,12H,(H6,23,24,25,26,27,28). The Kier molecular flexibility index (Phi) is 4.74. The van der Waals surface area contributed by atoms with Crippen molar-refractivity contribution in [3.8, 4) is 18.0 Å². The minimum Gasteiger partial charge on any atom is -0.403 e. The second-order valence-electron chi connectivity index (χ2n) is 5.61. The summed E-state index contributed by atoms with van der Waals surface area (Å²) in [6, 6.07) is 3.48. The first-order valence-corrected chi connectivity index (χ1v) is 7.69. The number of nitriles is 2. The number of hydrogen-bond acceptors (Lipinski definition) is 9. The first-order valence-electron chi connectivity index (χ1n) is 7.69. The Morgan fingerprint density at radius 1 is 1.24 bits per heavy atom. The van der Waals surface area contributed by atoms with Crippen LogP contribution in [0.2, 0.25) is 0 Å². The molecule has 1 unspecified atom stereocenters. The van der Waals surface area contributed by atoms with E-state index >= 15 is 0 Å². The lowest BCUT2D eigenvalue weighted by atomic mass is 9.94. The van der Waals surface area contributed by atoms with Gasteiger partial charge in [-0.15, -0.1) is 13.2 Å². The van der Waals surface area contributed by atoms with Gasteiger partial charge in [-0.3, -0.25) is 5.32 Å². The van der Waals surface area contributed by atoms with Gasteiger partial charge in [0.2, 0.25) is 5.96 Å². The van der Waals surface area contributed by atoms with Crippen LogP contribution in [-0.4, -0.2) is 17.3 Å². The van der Waals surface area contributed by atoms with Crippen LogP contribution in [0.25, 0.3) is 0 Å². The summed E-state index contributed by atoms with van der Waals surface area (Å²) in [4.78, 5) is 8.04. The maximum Gasteiger partial charge on any atom is 0.573 e. The van der Waals surface area contributed by atoms with Gasteiger partial charge < -0.3 is 21.5 Å². The number of aromatic nitrogens is 1. The average molecular weight is 406 g/mol. The fraction of sp³-hybridized carbons (Fsp3) is 0.125. The Balaban J connectivity index is 2.24. The molecule has 0 bridgehead atoms. The topological polar surface area (TPSA) is 158 Å². The number of benzene rings is 1. The molecule has 148 valence electrons. The maximum absolute atomic E-state index is 14.8. The Bertz CT molecular complexity index is 1100. The van der Waals surface area contributed by atoms with E-state index in [-0.39, 0.29) is 40.0 Å². The van der Waals surface area contributed by atoms with Crippen LogP contribution in [-0.2, 0) is 0 Å². The molecule has 9 nitrogen and oxygen atoms in total. The van der Waals surface area contributed by atoms with Crippen LogP contribution >= 0.6 is 0 Å². The number of nitrogens with one attached hydrogen (secondary N) is 2. The third-order valence-corrected chi connectivity index (χ3v) is 3.87. The molecular formula is C16H10F4N8O. The molecular weight excluding hydrogens is 396 g/mol. The number of hydrogen-bond donors (Lipinski definition) is 4. The highest BCUT2D eigenvalue weighted by Crippen LogP contribution is 2.42. The van der Waals surface area contributed by atoms with Gasteiger partial charge in [0.25, 0.3) is 0 Å². The predicted octanol–water partition coefficient (Wildman–Crippen LogP) is 2.10. The second kappa shape index (κ2) is 7.05. The molecule has 0 aliphatic carbocycles. The number of nitrogens with zero attached hydrogens (tertiary/aromatic N) is 4. The highest BCUT2D eigenvalue weighted by atomic mass is 19.4. The zero-order chi connectivity index (χ0) is 21.3. The molecule has 0 saturated heterocycles. The number of pyridine rings is 1. The molecule has 0 saturated carbocycles. The van der Waals surface area contributed by atoms with Gasteiger partial charge >= 0.3 is 6.36 Å². The first kappa shape index (κ1) is 19.5. The van der Waals surface area contributed by atoms with Gasteiger partial charge in [-0.1, -0.05) is 12.1 Å². The predicted molar refractivity (Wildman–Crippen MR) is 92.5 cm³/mol. The number of rotatable bonds is 2. The van der Waals surface area contributed by atoms with Crippen molar-refractivity contribution < 1.29 is 22.3 Å². The van der Waals surface area contributed by atoms with Crippen molar-refractivity contribution in [1.29, 1.82) is 10.5 Å². The quantitative estimate of drug-likeness (QED) is 0.335. The maximum atomic E-state index is 14.8. The fourth-order valence-electron chi connectivity index (χ4n) is 2.75. The SMILES string of the molecule is N#CNC1=NC(c2cccc(OC(F)(F)F)c2F)c2c(nc(N)c(C#N)c2N)N1. The van der Waals surface area contributed by atoms with Crippen molar-refractivity contribution in [2.75, 3.05) is 16.8 Å². The molecule has 1 aromatic heterocycles. The van der Waals surface area contributed by atoms with Crippen molar-refractivity contribution >= 4 is 23.3 Å². The van der Waals surface area contributed by atoms with Crippen molar-refractivity contribution in [2.45, 2.75) is 12.4 Å². The van der Waals surface area contributed by atoms with Gasteiger partial charge in [0.15, 0.2) is 17.8 Å². The number of halogens is 4. The number of ether oxygens (including phenoxy) is 1. The summed E-state index contributed by atoms with van der Waals surface area (Å²) < 4.78 is 56.2. The molecule has 3 rings (SSSR count). The number of guanidine groups is 1. The minimum atomic E-state index is -5.12. The van der Waals surface area contributed by atoms with Crippen molar-refractivity contribution in [3.05, 3.63) is 40.7 Å². The molecule has 0 fully saturated rings. The summed E-state index contributed by atoms with van der Waals surface area (Å²) in [7, 11) is 0. The van der Waals surface area contributed by atoms with E-state index in [0.29, 0.717) is 0 Å². The van der Waals surface area contributed by atoms with Crippen LogP contribution in [0.5, 0.6) is 5.75 Å². The van der Waals surface area contributed by atoms with E-state index in [2.05, 4.69) is 25.3 Å². The summed E-state index contributed by atoms with van der Waals surface area (Å²) in [6.07, 6.45) is -3.52. The molecule has 1 atom stereocenters. The van der Waals surface area contributed by atoms with Gasteiger partial charge in [-0.25, -0.2) is 14.4 Å². The number of nitrogens with two attached hydrogens (primary N) is 2. The van der Waals surface area contributed by atoms with E-state index < -0.39 is 24.0 Å². The van der Waals surface area contributed by atoms with E-state index in [9.17, 15) is 22.8 Å². The second-order valence-corrected chi connectivity index (χ2v) is 5.61. The van der Waals surface area contributed by atoms with Gasteiger partial charge in [0.05, 0.1) is 5.69 Å². The molecule has 1 aliphatic heterocycles. The van der Waals surface area contributed by atoms with Crippen LogP contribution in [0, 0.1) is 28.6 Å². The third kappa shape index (κ3) is 3.61. The molecule has 6 N–H and O–H groups in total. The van der Waals surface area contributed by atoms with Gasteiger partial charge in [0, 0.05) is 11.1 Å². The normalized spacial score (nSPS) is 15.2. The van der Waals surface area contributed by atoms with Gasteiger partial charge in [-0.05, 0) is 6.07 Å². The minimum absolute atomic E-state index is 0.00213. The Morgan fingerprint density at radius 3 is 2.59 bits per heavy atom. The van der Waals surface area contributed by atoms with E-state index in [4.69, 9.17) is 16.7 Å². The van der Waals surface area contributed by atoms with Crippen LogP contribution in [0.3, 0.4) is 0 Å².